The maximum absolute atomic E-state index is 13.6. The fourth-order valence-corrected chi connectivity index (χ4v) is 11.8. The molecule has 0 spiro atoms. The Hall–Kier alpha value is -1.51. The van der Waals surface area contributed by atoms with Crippen molar-refractivity contribution in [2.75, 3.05) is 40.9 Å². The van der Waals surface area contributed by atoms with Crippen molar-refractivity contribution in [1.82, 2.24) is 5.32 Å². The summed E-state index contributed by atoms with van der Waals surface area (Å²) in [5.41, 5.74) is 0. The van der Waals surface area contributed by atoms with Crippen LogP contribution in [0.3, 0.4) is 0 Å². The van der Waals surface area contributed by atoms with Gasteiger partial charge in [0.05, 0.1) is 33.8 Å². The number of phosphoric acid groups is 1. The Morgan fingerprint density at radius 2 is 0.707 bits per heavy atom. The van der Waals surface area contributed by atoms with Crippen LogP contribution in [0, 0.1) is 0 Å². The fourth-order valence-electron chi connectivity index (χ4n) is 11.1. The zero-order valence-electron chi connectivity index (χ0n) is 55.7. The number of likely N-dealkylation sites (N-methyl/N-ethyl adjacent to an activating group) is 1. The number of hydrogen-bond acceptors (Lipinski definition) is 7. The lowest BCUT2D eigenvalue weighted by atomic mass is 10.0. The molecule has 0 rings (SSSR count). The predicted molar refractivity (Wildman–Crippen MR) is 353 cm³/mol. The summed E-state index contributed by atoms with van der Waals surface area (Å²) in [5.74, 6) is -0.517. The lowest BCUT2D eigenvalue weighted by molar-refractivity contribution is -0.870. The van der Waals surface area contributed by atoms with Gasteiger partial charge in [-0.2, -0.15) is 0 Å². The van der Waals surface area contributed by atoms with E-state index in [2.05, 4.69) is 38.2 Å². The quantitative estimate of drug-likeness (QED) is 0.0212. The van der Waals surface area contributed by atoms with Gasteiger partial charge in [0.25, 0.3) is 7.82 Å². The minimum atomic E-state index is -4.70. The van der Waals surface area contributed by atoms with Crippen LogP contribution in [0.25, 0.3) is 0 Å². The van der Waals surface area contributed by atoms with Crippen molar-refractivity contribution in [2.45, 2.75) is 386 Å². The number of nitrogens with zero attached hydrogens (tertiary/aromatic N) is 1. The summed E-state index contributed by atoms with van der Waals surface area (Å²) in [6.45, 7) is 6.91. The summed E-state index contributed by atoms with van der Waals surface area (Å²) >= 11 is 0. The van der Waals surface area contributed by atoms with Crippen molar-refractivity contribution in [3.05, 3.63) is 24.3 Å². The highest BCUT2D eigenvalue weighted by molar-refractivity contribution is 7.45. The number of quaternary nitrogens is 1. The number of unbranched alkanes of at least 4 members (excludes halogenated alkanes) is 49. The molecule has 3 unspecified atom stereocenters. The van der Waals surface area contributed by atoms with Crippen LogP contribution in [-0.4, -0.2) is 69.4 Å². The van der Waals surface area contributed by atoms with E-state index in [-0.39, 0.29) is 31.5 Å². The molecule has 0 aliphatic heterocycles. The molecule has 1 amide bonds. The van der Waals surface area contributed by atoms with Crippen LogP contribution >= 0.6 is 7.82 Å². The molecule has 3 atom stereocenters. The van der Waals surface area contributed by atoms with Gasteiger partial charge in [0, 0.05) is 12.8 Å². The van der Waals surface area contributed by atoms with Gasteiger partial charge in [-0.25, -0.2) is 0 Å². The molecular weight excluding hydrogens is 1040 g/mol. The third-order valence-corrected chi connectivity index (χ3v) is 17.6. The van der Waals surface area contributed by atoms with Gasteiger partial charge in [0.15, 0.2) is 0 Å². The van der Waals surface area contributed by atoms with E-state index in [9.17, 15) is 19.0 Å². The number of allylic oxidation sites excluding steroid dienone is 3. The molecule has 0 saturated heterocycles. The average molecular weight is 1180 g/mol. The van der Waals surface area contributed by atoms with E-state index < -0.39 is 20.0 Å². The van der Waals surface area contributed by atoms with Crippen LogP contribution in [0.1, 0.15) is 374 Å². The summed E-state index contributed by atoms with van der Waals surface area (Å²) in [6.07, 6.45) is 75.9. The molecule has 0 bridgehead atoms. The molecule has 0 radical (unpaired) electrons. The third-order valence-electron chi connectivity index (χ3n) is 16.6. The van der Waals surface area contributed by atoms with Crippen molar-refractivity contribution < 1.29 is 37.3 Å². The van der Waals surface area contributed by atoms with Gasteiger partial charge in [-0.3, -0.25) is 14.2 Å². The highest BCUT2D eigenvalue weighted by Gasteiger charge is 2.27. The van der Waals surface area contributed by atoms with Gasteiger partial charge >= 0.3 is 5.97 Å². The molecule has 0 aromatic heterocycles. The summed E-state index contributed by atoms with van der Waals surface area (Å²) in [7, 11) is 1.21. The number of ether oxygens (including phenoxy) is 1. The maximum Gasteiger partial charge on any atom is 0.306 e. The van der Waals surface area contributed by atoms with E-state index >= 15 is 0 Å². The van der Waals surface area contributed by atoms with E-state index in [1.807, 2.05) is 33.3 Å². The zero-order valence-corrected chi connectivity index (χ0v) is 56.6. The largest absolute Gasteiger partial charge is 0.756 e. The molecule has 0 fully saturated rings. The maximum atomic E-state index is 13.6. The molecule has 0 aliphatic rings. The molecule has 0 saturated carbocycles. The van der Waals surface area contributed by atoms with E-state index in [0.717, 1.165) is 57.8 Å². The van der Waals surface area contributed by atoms with Crippen molar-refractivity contribution >= 4 is 19.7 Å². The molecule has 1 N–H and O–H groups in total. The van der Waals surface area contributed by atoms with Crippen LogP contribution in [0.15, 0.2) is 24.3 Å². The average Bonchev–Trinajstić information content (AvgIpc) is 3.44. The van der Waals surface area contributed by atoms with E-state index in [0.29, 0.717) is 17.4 Å². The standard InChI is InChI=1S/C72H141N2O7P/c1-7-10-13-16-19-22-25-28-30-32-33-34-35-36-37-38-39-40-41-43-45-47-50-53-56-59-62-65-72(76)81-70(63-60-57-54-51-48-27-24-21-18-15-12-9-3)69(68-80-82(77,78)79-67-66-74(4,5)6)73-71(75)64-61-58-55-52-49-46-44-42-31-29-26-23-20-17-14-11-8-2/h28,30,60,63,69-70H,7-27,29,31-59,61-62,64-68H2,1-6H3,(H-,73,75,77,78)/b30-28+,63-60+. The van der Waals surface area contributed by atoms with Crippen molar-refractivity contribution in [3.63, 3.8) is 0 Å². The predicted octanol–water partition coefficient (Wildman–Crippen LogP) is 22.2. The molecule has 0 aromatic carbocycles. The van der Waals surface area contributed by atoms with Crippen molar-refractivity contribution in [3.8, 4) is 0 Å². The Morgan fingerprint density at radius 1 is 0.415 bits per heavy atom. The Balaban J connectivity index is 4.96. The summed E-state index contributed by atoms with van der Waals surface area (Å²) in [6, 6.07) is -0.882. The van der Waals surface area contributed by atoms with Gasteiger partial charge < -0.3 is 28.5 Å². The van der Waals surface area contributed by atoms with Gasteiger partial charge in [-0.05, 0) is 57.4 Å². The van der Waals surface area contributed by atoms with Crippen molar-refractivity contribution in [2.24, 2.45) is 0 Å². The Labute approximate surface area is 511 Å². The molecular formula is C72H141N2O7P. The Kier molecular flexibility index (Phi) is 61.4. The first-order chi connectivity index (χ1) is 39.9. The lowest BCUT2D eigenvalue weighted by Gasteiger charge is -2.30. The molecule has 10 heteroatoms. The van der Waals surface area contributed by atoms with Crippen LogP contribution in [0.2, 0.25) is 0 Å². The number of carbonyl (C=O) groups excluding carboxylic acids is 2. The summed E-state index contributed by atoms with van der Waals surface area (Å²) in [5, 5.41) is 3.05. The number of esters is 1. The molecule has 82 heavy (non-hydrogen) atoms. The van der Waals surface area contributed by atoms with Crippen LogP contribution < -0.4 is 10.2 Å². The second-order valence-corrected chi connectivity index (χ2v) is 27.5. The first-order valence-electron chi connectivity index (χ1n) is 36.1. The second-order valence-electron chi connectivity index (χ2n) is 26.1. The number of phosphoric ester groups is 1. The third kappa shape index (κ3) is 63.0. The normalized spacial score (nSPS) is 13.6. The van der Waals surface area contributed by atoms with Gasteiger partial charge in [-0.15, -0.1) is 0 Å². The molecule has 0 aliphatic carbocycles. The first-order valence-corrected chi connectivity index (χ1v) is 37.6. The first kappa shape index (κ1) is 80.5. The second kappa shape index (κ2) is 62.5. The molecule has 486 valence electrons. The topological polar surface area (TPSA) is 114 Å². The van der Waals surface area contributed by atoms with Gasteiger partial charge in [0.1, 0.15) is 19.3 Å². The highest BCUT2D eigenvalue weighted by atomic mass is 31.2. The lowest BCUT2D eigenvalue weighted by Crippen LogP contribution is -2.47. The number of carbonyl (C=O) groups is 2. The summed E-state index contributed by atoms with van der Waals surface area (Å²) < 4.78 is 30.5. The zero-order chi connectivity index (χ0) is 60.0. The molecule has 0 aromatic rings. The van der Waals surface area contributed by atoms with Crippen LogP contribution in [0.4, 0.5) is 0 Å². The number of amides is 1. The highest BCUT2D eigenvalue weighted by Crippen LogP contribution is 2.38. The summed E-state index contributed by atoms with van der Waals surface area (Å²) in [4.78, 5) is 40.2. The van der Waals surface area contributed by atoms with Crippen LogP contribution in [-0.2, 0) is 27.9 Å². The molecule has 9 nitrogen and oxygen atoms in total. The minimum absolute atomic E-state index is 0.0176. The minimum Gasteiger partial charge on any atom is -0.756 e. The number of nitrogens with one attached hydrogen (secondary N) is 1. The number of hydrogen-bond donors (Lipinski definition) is 1. The van der Waals surface area contributed by atoms with Crippen molar-refractivity contribution in [1.29, 1.82) is 0 Å². The SMILES string of the molecule is CCCCCCCC/C=C/CCCCCCCCCCCCCCCCCCCC(=O)OC(/C=C/CCCCCCCCCCCC)C(COP(=O)([O-])OCC[N+](C)(C)C)NC(=O)CCCCCCCCCCCCCCCCCCC. The van der Waals surface area contributed by atoms with E-state index in [1.54, 1.807) is 0 Å². The Morgan fingerprint density at radius 3 is 1.04 bits per heavy atom. The Bertz CT molecular complexity index is 1450. The number of rotatable bonds is 67. The van der Waals surface area contributed by atoms with E-state index in [4.69, 9.17) is 13.8 Å². The van der Waals surface area contributed by atoms with Gasteiger partial charge in [0.2, 0.25) is 5.91 Å². The monoisotopic (exact) mass is 1180 g/mol. The van der Waals surface area contributed by atoms with Crippen LogP contribution in [0.5, 0.6) is 0 Å². The van der Waals surface area contributed by atoms with E-state index in [1.165, 1.54) is 283 Å². The fraction of sp³-hybridized carbons (Fsp3) is 0.917. The smallest absolute Gasteiger partial charge is 0.306 e. The molecule has 0 heterocycles. The van der Waals surface area contributed by atoms with Gasteiger partial charge in [-0.1, -0.05) is 328 Å².